The normalized spacial score (nSPS) is 10.6. The van der Waals surface area contributed by atoms with E-state index in [1.807, 2.05) is 0 Å². The van der Waals surface area contributed by atoms with E-state index >= 15 is 0 Å². The van der Waals surface area contributed by atoms with Gasteiger partial charge in [-0.2, -0.15) is 4.98 Å². The number of halogens is 2. The lowest BCUT2D eigenvalue weighted by atomic mass is 10.2. The maximum absolute atomic E-state index is 13.5. The van der Waals surface area contributed by atoms with Crippen LogP contribution in [0.15, 0.2) is 53.1 Å². The topological polar surface area (TPSA) is 68.0 Å². The van der Waals surface area contributed by atoms with Crippen LogP contribution in [0.5, 0.6) is 0 Å². The highest BCUT2D eigenvalue weighted by Crippen LogP contribution is 2.20. The molecule has 1 N–H and O–H groups in total. The molecule has 3 rings (SSSR count). The monoisotopic (exact) mass is 377 g/mol. The molecule has 0 aliphatic carbocycles. The molecule has 0 aliphatic heterocycles. The summed E-state index contributed by atoms with van der Waals surface area (Å²) in [6.07, 6.45) is 0. The fourth-order valence-electron chi connectivity index (χ4n) is 2.01. The smallest absolute Gasteiger partial charge is 0.236 e. The third kappa shape index (κ3) is 4.80. The Morgan fingerprint density at radius 3 is 2.72 bits per heavy atom. The molecular weight excluding hydrogens is 365 g/mol. The fourth-order valence-corrected chi connectivity index (χ4v) is 2.79. The molecule has 0 radical (unpaired) electrons. The largest absolute Gasteiger partial charge is 0.338 e. The van der Waals surface area contributed by atoms with Crippen LogP contribution in [0, 0.1) is 5.82 Å². The van der Waals surface area contributed by atoms with Gasteiger partial charge in [-0.1, -0.05) is 28.9 Å². The Balaban J connectivity index is 1.50. The minimum Gasteiger partial charge on any atom is -0.338 e. The number of hydrogen-bond acceptors (Lipinski definition) is 5. The molecule has 0 saturated heterocycles. The van der Waals surface area contributed by atoms with E-state index in [2.05, 4.69) is 15.5 Å². The lowest BCUT2D eigenvalue weighted by molar-refractivity contribution is -0.113. The van der Waals surface area contributed by atoms with Gasteiger partial charge in [0.05, 0.1) is 17.2 Å². The van der Waals surface area contributed by atoms with Crippen LogP contribution in [0.1, 0.15) is 5.89 Å². The van der Waals surface area contributed by atoms with Gasteiger partial charge in [0.1, 0.15) is 5.82 Å². The molecule has 0 aliphatic rings. The van der Waals surface area contributed by atoms with Crippen molar-refractivity contribution in [2.75, 3.05) is 11.1 Å². The first kappa shape index (κ1) is 17.4. The second kappa shape index (κ2) is 8.13. The third-order valence-corrected chi connectivity index (χ3v) is 4.35. The molecule has 25 heavy (non-hydrogen) atoms. The van der Waals surface area contributed by atoms with Crippen molar-refractivity contribution in [1.29, 1.82) is 0 Å². The Bertz CT molecular complexity index is 870. The van der Waals surface area contributed by atoms with Gasteiger partial charge in [0.25, 0.3) is 0 Å². The van der Waals surface area contributed by atoms with Gasteiger partial charge < -0.3 is 9.84 Å². The van der Waals surface area contributed by atoms with Crippen molar-refractivity contribution >= 4 is 35.0 Å². The molecule has 0 atom stereocenters. The van der Waals surface area contributed by atoms with E-state index in [1.165, 1.54) is 23.9 Å². The number of nitrogens with one attached hydrogen (secondary N) is 1. The van der Waals surface area contributed by atoms with Crippen LogP contribution in [0.25, 0.3) is 11.4 Å². The fraction of sp³-hybridized carbons (Fsp3) is 0.118. The van der Waals surface area contributed by atoms with Crippen LogP contribution in [-0.2, 0) is 10.5 Å². The van der Waals surface area contributed by atoms with Gasteiger partial charge >= 0.3 is 0 Å². The number of carbonyl (C=O) groups is 1. The number of para-hydroxylation sites is 1. The SMILES string of the molecule is O=C(CSCc1nc(-c2ccc(Cl)cc2)no1)Nc1ccccc1F. The highest BCUT2D eigenvalue weighted by Gasteiger charge is 2.11. The molecule has 5 nitrogen and oxygen atoms in total. The molecule has 1 heterocycles. The minimum atomic E-state index is -0.467. The van der Waals surface area contributed by atoms with Gasteiger partial charge in [-0.15, -0.1) is 11.8 Å². The highest BCUT2D eigenvalue weighted by atomic mass is 35.5. The first-order chi connectivity index (χ1) is 12.1. The van der Waals surface area contributed by atoms with Gasteiger partial charge in [0.15, 0.2) is 0 Å². The number of nitrogens with zero attached hydrogens (tertiary/aromatic N) is 2. The molecule has 1 amide bonds. The van der Waals surface area contributed by atoms with Gasteiger partial charge in [-0.05, 0) is 36.4 Å². The van der Waals surface area contributed by atoms with Crippen LogP contribution in [0.4, 0.5) is 10.1 Å². The Morgan fingerprint density at radius 1 is 1.20 bits per heavy atom. The van der Waals surface area contributed by atoms with Crippen molar-refractivity contribution < 1.29 is 13.7 Å². The summed E-state index contributed by atoms with van der Waals surface area (Å²) in [5.74, 6) is 0.632. The summed E-state index contributed by atoms with van der Waals surface area (Å²) >= 11 is 7.14. The quantitative estimate of drug-likeness (QED) is 0.689. The van der Waals surface area contributed by atoms with Crippen LogP contribution >= 0.6 is 23.4 Å². The maximum atomic E-state index is 13.5. The van der Waals surface area contributed by atoms with Crippen molar-refractivity contribution in [1.82, 2.24) is 10.1 Å². The molecule has 128 valence electrons. The van der Waals surface area contributed by atoms with E-state index in [0.29, 0.717) is 22.5 Å². The Hall–Kier alpha value is -2.38. The zero-order valence-corrected chi connectivity index (χ0v) is 14.5. The average molecular weight is 378 g/mol. The lowest BCUT2D eigenvalue weighted by Gasteiger charge is -2.05. The first-order valence-electron chi connectivity index (χ1n) is 7.32. The molecule has 3 aromatic rings. The van der Waals surface area contributed by atoms with Crippen molar-refractivity contribution in [2.24, 2.45) is 0 Å². The Labute approximate surface area is 152 Å². The molecule has 1 aromatic heterocycles. The maximum Gasteiger partial charge on any atom is 0.236 e. The molecule has 0 saturated carbocycles. The predicted octanol–water partition coefficient (Wildman–Crippen LogP) is 4.40. The number of anilines is 1. The van der Waals surface area contributed by atoms with E-state index in [-0.39, 0.29) is 17.3 Å². The van der Waals surface area contributed by atoms with Gasteiger partial charge in [0, 0.05) is 10.6 Å². The second-order valence-electron chi connectivity index (χ2n) is 5.04. The Kier molecular flexibility index (Phi) is 5.67. The summed E-state index contributed by atoms with van der Waals surface area (Å²) in [5.41, 5.74) is 0.956. The van der Waals surface area contributed by atoms with Crippen LogP contribution in [-0.4, -0.2) is 21.8 Å². The van der Waals surface area contributed by atoms with E-state index in [1.54, 1.807) is 36.4 Å². The molecule has 0 unspecified atom stereocenters. The van der Waals surface area contributed by atoms with Crippen molar-refractivity contribution in [3.8, 4) is 11.4 Å². The Morgan fingerprint density at radius 2 is 1.96 bits per heavy atom. The molecule has 0 spiro atoms. The number of thioether (sulfide) groups is 1. The van der Waals surface area contributed by atoms with E-state index in [9.17, 15) is 9.18 Å². The standard InChI is InChI=1S/C17H13ClFN3O2S/c18-12-7-5-11(6-8-12)17-21-16(24-22-17)10-25-9-15(23)20-14-4-2-1-3-13(14)19/h1-8H,9-10H2,(H,20,23). The van der Waals surface area contributed by atoms with Crippen LogP contribution in [0.3, 0.4) is 0 Å². The number of rotatable bonds is 6. The number of amides is 1. The average Bonchev–Trinajstić information content (AvgIpc) is 3.06. The van der Waals surface area contributed by atoms with Crippen molar-refractivity contribution in [3.05, 3.63) is 65.3 Å². The zero-order valence-electron chi connectivity index (χ0n) is 12.9. The summed E-state index contributed by atoms with van der Waals surface area (Å²) in [5, 5.41) is 7.05. The summed E-state index contributed by atoms with van der Waals surface area (Å²) in [4.78, 5) is 16.1. The van der Waals surface area contributed by atoms with Gasteiger partial charge in [-0.3, -0.25) is 4.79 Å². The summed E-state index contributed by atoms with van der Waals surface area (Å²) in [7, 11) is 0. The first-order valence-corrected chi connectivity index (χ1v) is 8.86. The molecule has 8 heteroatoms. The summed E-state index contributed by atoms with van der Waals surface area (Å²) < 4.78 is 18.6. The number of hydrogen-bond donors (Lipinski definition) is 1. The molecular formula is C17H13ClFN3O2S. The van der Waals surface area contributed by atoms with Crippen molar-refractivity contribution in [2.45, 2.75) is 5.75 Å². The summed E-state index contributed by atoms with van der Waals surface area (Å²) in [6.45, 7) is 0. The van der Waals surface area contributed by atoms with E-state index in [0.717, 1.165) is 5.56 Å². The minimum absolute atomic E-state index is 0.146. The molecule has 0 fully saturated rings. The van der Waals surface area contributed by atoms with Gasteiger partial charge in [-0.25, -0.2) is 4.39 Å². The summed E-state index contributed by atoms with van der Waals surface area (Å²) in [6, 6.07) is 13.1. The van der Waals surface area contributed by atoms with E-state index in [4.69, 9.17) is 16.1 Å². The van der Waals surface area contributed by atoms with Crippen LogP contribution < -0.4 is 5.32 Å². The zero-order chi connectivity index (χ0) is 17.6. The molecule has 0 bridgehead atoms. The van der Waals surface area contributed by atoms with Crippen molar-refractivity contribution in [3.63, 3.8) is 0 Å². The molecule has 2 aromatic carbocycles. The second-order valence-corrected chi connectivity index (χ2v) is 6.46. The predicted molar refractivity (Wildman–Crippen MR) is 95.9 cm³/mol. The van der Waals surface area contributed by atoms with Gasteiger partial charge in [0.2, 0.25) is 17.6 Å². The lowest BCUT2D eigenvalue weighted by Crippen LogP contribution is -2.15. The number of benzene rings is 2. The number of aromatic nitrogens is 2. The number of carbonyl (C=O) groups excluding carboxylic acids is 1. The van der Waals surface area contributed by atoms with E-state index < -0.39 is 5.82 Å². The third-order valence-electron chi connectivity index (χ3n) is 3.18. The highest BCUT2D eigenvalue weighted by molar-refractivity contribution is 7.99. The van der Waals surface area contributed by atoms with Crippen LogP contribution in [0.2, 0.25) is 5.02 Å².